The summed E-state index contributed by atoms with van der Waals surface area (Å²) in [5.41, 5.74) is -0.473. The van der Waals surface area contributed by atoms with Crippen molar-refractivity contribution in [3.8, 4) is 16.2 Å². The van der Waals surface area contributed by atoms with Gasteiger partial charge in [0.2, 0.25) is 0 Å². The molecule has 2 aromatic carbocycles. The van der Waals surface area contributed by atoms with Gasteiger partial charge in [0.15, 0.2) is 0 Å². The fourth-order valence-electron chi connectivity index (χ4n) is 3.61. The number of hydrogen-bond acceptors (Lipinski definition) is 5. The fraction of sp³-hybridized carbons (Fsp3) is 0.273. The molecular weight excluding hydrogens is 568 g/mol. The fourth-order valence-corrected chi connectivity index (χ4v) is 6.77. The Hall–Kier alpha value is -1.69. The second-order valence-electron chi connectivity index (χ2n) is 7.98. The summed E-state index contributed by atoms with van der Waals surface area (Å²) in [6.07, 6.45) is -4.53. The first-order valence-electron chi connectivity index (χ1n) is 10.2. The quantitative estimate of drug-likeness (QED) is 0.330. The Kier molecular flexibility index (Phi) is 7.53. The van der Waals surface area contributed by atoms with Crippen LogP contribution in [-0.4, -0.2) is 39.6 Å². The maximum absolute atomic E-state index is 13.5. The highest BCUT2D eigenvalue weighted by molar-refractivity contribution is 7.94. The van der Waals surface area contributed by atoms with E-state index in [1.54, 1.807) is 18.2 Å². The van der Waals surface area contributed by atoms with Gasteiger partial charge in [-0.05, 0) is 49.4 Å². The molecule has 1 fully saturated rings. The monoisotopic (exact) mass is 584 g/mol. The first kappa shape index (κ1) is 26.4. The standard InChI is InChI=1S/C22H18Cl3F3N2O3S2/c1-30-7-6-14(11-30)33-19-9-13(3-4-15(19)22(26,27)28)29-35(31,32)20-10-18(25)21(34-20)12-2-5-16(23)17(24)8-12/h2-5,8-10,14,29H,6-7,11H2,1H3/t14-/m1/s1. The average Bonchev–Trinajstić information content (AvgIpc) is 3.35. The highest BCUT2D eigenvalue weighted by atomic mass is 35.5. The summed E-state index contributed by atoms with van der Waals surface area (Å²) in [6.45, 7) is 1.16. The molecule has 0 radical (unpaired) electrons. The zero-order chi connectivity index (χ0) is 25.5. The number of alkyl halides is 3. The minimum absolute atomic E-state index is 0.0695. The summed E-state index contributed by atoms with van der Waals surface area (Å²) < 4.78 is 74.5. The minimum Gasteiger partial charge on any atom is -0.488 e. The summed E-state index contributed by atoms with van der Waals surface area (Å²) in [4.78, 5) is 2.39. The summed E-state index contributed by atoms with van der Waals surface area (Å²) >= 11 is 19.2. The molecule has 1 aliphatic heterocycles. The molecular formula is C22H18Cl3F3N2O3S2. The molecule has 188 valence electrons. The molecule has 3 aromatic rings. The highest BCUT2D eigenvalue weighted by Crippen LogP contribution is 2.42. The van der Waals surface area contributed by atoms with Gasteiger partial charge in [-0.1, -0.05) is 40.9 Å². The van der Waals surface area contributed by atoms with Crippen molar-refractivity contribution >= 4 is 61.9 Å². The average molecular weight is 586 g/mol. The molecule has 5 nitrogen and oxygen atoms in total. The number of likely N-dealkylation sites (N-methyl/N-ethyl adjacent to an activating group) is 1. The zero-order valence-corrected chi connectivity index (χ0v) is 21.9. The molecule has 0 saturated carbocycles. The molecule has 1 aromatic heterocycles. The number of nitrogens with zero attached hydrogens (tertiary/aromatic N) is 1. The second-order valence-corrected chi connectivity index (χ2v) is 12.2. The van der Waals surface area contributed by atoms with Crippen LogP contribution in [0.15, 0.2) is 46.7 Å². The maximum atomic E-state index is 13.5. The lowest BCUT2D eigenvalue weighted by Crippen LogP contribution is -2.23. The normalized spacial score (nSPS) is 17.1. The number of thiophene rings is 1. The van der Waals surface area contributed by atoms with Crippen molar-refractivity contribution in [1.82, 2.24) is 4.90 Å². The Labute approximate surface area is 219 Å². The number of anilines is 1. The predicted molar refractivity (Wildman–Crippen MR) is 134 cm³/mol. The van der Waals surface area contributed by atoms with Crippen LogP contribution >= 0.6 is 46.1 Å². The highest BCUT2D eigenvalue weighted by Gasteiger charge is 2.36. The number of halogens is 6. The van der Waals surface area contributed by atoms with Crippen molar-refractivity contribution in [3.63, 3.8) is 0 Å². The van der Waals surface area contributed by atoms with Crippen molar-refractivity contribution in [2.24, 2.45) is 0 Å². The van der Waals surface area contributed by atoms with Crippen LogP contribution in [0.1, 0.15) is 12.0 Å². The summed E-state index contributed by atoms with van der Waals surface area (Å²) in [5.74, 6) is -0.432. The van der Waals surface area contributed by atoms with Crippen LogP contribution in [0.5, 0.6) is 5.75 Å². The molecule has 0 amide bonds. The first-order chi connectivity index (χ1) is 16.3. The Balaban J connectivity index is 1.63. The van der Waals surface area contributed by atoms with Gasteiger partial charge >= 0.3 is 6.18 Å². The van der Waals surface area contributed by atoms with Gasteiger partial charge in [-0.3, -0.25) is 4.72 Å². The van der Waals surface area contributed by atoms with Crippen molar-refractivity contribution in [1.29, 1.82) is 0 Å². The summed E-state index contributed by atoms with van der Waals surface area (Å²) in [7, 11) is -2.32. The summed E-state index contributed by atoms with van der Waals surface area (Å²) in [6, 6.07) is 8.93. The van der Waals surface area contributed by atoms with E-state index in [1.165, 1.54) is 6.07 Å². The molecule has 35 heavy (non-hydrogen) atoms. The number of hydrogen-bond donors (Lipinski definition) is 1. The van der Waals surface area contributed by atoms with E-state index in [0.29, 0.717) is 35.0 Å². The Morgan fingerprint density at radius 3 is 2.43 bits per heavy atom. The van der Waals surface area contributed by atoms with E-state index in [2.05, 4.69) is 4.72 Å². The van der Waals surface area contributed by atoms with Crippen molar-refractivity contribution < 1.29 is 26.3 Å². The van der Waals surface area contributed by atoms with Crippen LogP contribution in [0.4, 0.5) is 18.9 Å². The van der Waals surface area contributed by atoms with Crippen LogP contribution in [0, 0.1) is 0 Å². The van der Waals surface area contributed by atoms with Gasteiger partial charge in [-0.2, -0.15) is 13.2 Å². The van der Waals surface area contributed by atoms with Crippen LogP contribution in [0.25, 0.3) is 10.4 Å². The van der Waals surface area contributed by atoms with Gasteiger partial charge < -0.3 is 9.64 Å². The van der Waals surface area contributed by atoms with Gasteiger partial charge in [-0.15, -0.1) is 11.3 Å². The first-order valence-corrected chi connectivity index (χ1v) is 13.6. The van der Waals surface area contributed by atoms with Crippen LogP contribution < -0.4 is 9.46 Å². The van der Waals surface area contributed by atoms with Gasteiger partial charge in [-0.25, -0.2) is 8.42 Å². The van der Waals surface area contributed by atoms with Crippen molar-refractivity contribution in [2.45, 2.75) is 22.9 Å². The Morgan fingerprint density at radius 2 is 1.80 bits per heavy atom. The lowest BCUT2D eigenvalue weighted by molar-refractivity contribution is -0.139. The van der Waals surface area contributed by atoms with E-state index in [0.717, 1.165) is 29.5 Å². The molecule has 1 saturated heterocycles. The van der Waals surface area contributed by atoms with Gasteiger partial charge in [0.1, 0.15) is 16.1 Å². The molecule has 1 atom stereocenters. The molecule has 0 bridgehead atoms. The minimum atomic E-state index is -4.66. The molecule has 0 unspecified atom stereocenters. The lowest BCUT2D eigenvalue weighted by Gasteiger charge is -2.19. The van der Waals surface area contributed by atoms with Gasteiger partial charge in [0.25, 0.3) is 10.0 Å². The smallest absolute Gasteiger partial charge is 0.419 e. The molecule has 4 rings (SSSR count). The SMILES string of the molecule is CN1CC[C@@H](Oc2cc(NS(=O)(=O)c3cc(Cl)c(-c4ccc(Cl)c(Cl)c4)s3)ccc2C(F)(F)F)C1. The lowest BCUT2D eigenvalue weighted by atomic mass is 10.1. The van der Waals surface area contributed by atoms with Crippen molar-refractivity contribution in [3.05, 3.63) is 63.1 Å². The molecule has 0 spiro atoms. The van der Waals surface area contributed by atoms with E-state index < -0.39 is 33.6 Å². The molecule has 0 aliphatic carbocycles. The van der Waals surface area contributed by atoms with E-state index in [4.69, 9.17) is 39.5 Å². The summed E-state index contributed by atoms with van der Waals surface area (Å²) in [5, 5.41) is 0.791. The molecule has 13 heteroatoms. The Morgan fingerprint density at radius 1 is 1.06 bits per heavy atom. The van der Waals surface area contributed by atoms with E-state index in [1.807, 2.05) is 11.9 Å². The third kappa shape index (κ3) is 6.00. The Bertz CT molecular complexity index is 1360. The largest absolute Gasteiger partial charge is 0.488 e. The third-order valence-corrected chi connectivity index (χ3v) is 9.48. The maximum Gasteiger partial charge on any atom is 0.419 e. The van der Waals surface area contributed by atoms with Gasteiger partial charge in [0.05, 0.1) is 31.2 Å². The molecule has 1 N–H and O–H groups in total. The molecule has 2 heterocycles. The zero-order valence-electron chi connectivity index (χ0n) is 18.0. The second kappa shape index (κ2) is 9.99. The number of nitrogens with one attached hydrogen (secondary N) is 1. The number of rotatable bonds is 6. The van der Waals surface area contributed by atoms with Crippen molar-refractivity contribution in [2.75, 3.05) is 24.9 Å². The van der Waals surface area contributed by atoms with Gasteiger partial charge in [0, 0.05) is 19.2 Å². The van der Waals surface area contributed by atoms with Crippen LogP contribution in [-0.2, 0) is 16.2 Å². The molecule has 1 aliphatic rings. The topological polar surface area (TPSA) is 58.6 Å². The van der Waals surface area contributed by atoms with Crippen LogP contribution in [0.2, 0.25) is 15.1 Å². The number of ether oxygens (including phenoxy) is 1. The number of sulfonamides is 1. The number of benzene rings is 2. The van der Waals surface area contributed by atoms with E-state index >= 15 is 0 Å². The van der Waals surface area contributed by atoms with E-state index in [9.17, 15) is 21.6 Å². The third-order valence-electron chi connectivity index (χ3n) is 5.29. The number of likely N-dealkylation sites (tertiary alicyclic amines) is 1. The van der Waals surface area contributed by atoms with Crippen LogP contribution in [0.3, 0.4) is 0 Å². The predicted octanol–water partition coefficient (Wildman–Crippen LogP) is 7.28. The van der Waals surface area contributed by atoms with E-state index in [-0.39, 0.29) is 19.9 Å².